The molecule has 1 N–H and O–H groups in total. The third kappa shape index (κ3) is 3.17. The van der Waals surface area contributed by atoms with Gasteiger partial charge in [-0.3, -0.25) is 9.59 Å². The molecule has 74 valence electrons. The summed E-state index contributed by atoms with van der Waals surface area (Å²) in [5.41, 5.74) is -0.00451. The van der Waals surface area contributed by atoms with E-state index in [-0.39, 0.29) is 23.5 Å². The zero-order valence-corrected chi connectivity index (χ0v) is 8.17. The average molecular weight is 184 g/mol. The van der Waals surface area contributed by atoms with Crippen LogP contribution in [0, 0.1) is 11.3 Å². The molecule has 1 aliphatic rings. The van der Waals surface area contributed by atoms with E-state index in [1.165, 1.54) is 0 Å². The van der Waals surface area contributed by atoms with Crippen molar-refractivity contribution in [1.82, 2.24) is 0 Å². The van der Waals surface area contributed by atoms with Gasteiger partial charge in [0.25, 0.3) is 0 Å². The van der Waals surface area contributed by atoms with Crippen LogP contribution in [0.4, 0.5) is 0 Å². The number of carboxylic acids is 1. The molecule has 0 aromatic rings. The van der Waals surface area contributed by atoms with Crippen molar-refractivity contribution >= 4 is 11.8 Å². The van der Waals surface area contributed by atoms with Gasteiger partial charge in [0.05, 0.1) is 0 Å². The lowest BCUT2D eigenvalue weighted by Crippen LogP contribution is -2.30. The summed E-state index contributed by atoms with van der Waals surface area (Å²) < 4.78 is 0. The molecule has 1 saturated carbocycles. The Balaban J connectivity index is 2.57. The molecule has 0 radical (unpaired) electrons. The van der Waals surface area contributed by atoms with Crippen LogP contribution in [0.2, 0.25) is 0 Å². The predicted octanol–water partition coefficient (Wildman–Crippen LogP) is 1.86. The monoisotopic (exact) mass is 184 g/mol. The molecule has 1 atom stereocenters. The largest absolute Gasteiger partial charge is 0.481 e. The van der Waals surface area contributed by atoms with Gasteiger partial charge in [-0.05, 0) is 17.8 Å². The Morgan fingerprint density at radius 2 is 2.23 bits per heavy atom. The van der Waals surface area contributed by atoms with Crippen LogP contribution in [-0.4, -0.2) is 16.9 Å². The Morgan fingerprint density at radius 3 is 2.69 bits per heavy atom. The van der Waals surface area contributed by atoms with Crippen molar-refractivity contribution in [3.63, 3.8) is 0 Å². The van der Waals surface area contributed by atoms with Crippen LogP contribution in [0.25, 0.3) is 0 Å². The Morgan fingerprint density at radius 1 is 1.62 bits per heavy atom. The van der Waals surface area contributed by atoms with Crippen LogP contribution < -0.4 is 0 Å². The molecule has 0 aliphatic heterocycles. The molecular weight excluding hydrogens is 168 g/mol. The molecule has 0 spiro atoms. The fraction of sp³-hybridized carbons (Fsp3) is 0.800. The van der Waals surface area contributed by atoms with Crippen molar-refractivity contribution in [3.8, 4) is 0 Å². The summed E-state index contributed by atoms with van der Waals surface area (Å²) in [6, 6.07) is 0. The van der Waals surface area contributed by atoms with Crippen LogP contribution in [0.5, 0.6) is 0 Å². The van der Waals surface area contributed by atoms with Crippen molar-refractivity contribution in [2.45, 2.75) is 39.5 Å². The Kier molecular flexibility index (Phi) is 2.74. The summed E-state index contributed by atoms with van der Waals surface area (Å²) in [7, 11) is 0. The van der Waals surface area contributed by atoms with Gasteiger partial charge >= 0.3 is 5.97 Å². The fourth-order valence-electron chi connectivity index (χ4n) is 2.25. The summed E-state index contributed by atoms with van der Waals surface area (Å²) in [6.45, 7) is 4.05. The number of aliphatic carboxylic acids is 1. The van der Waals surface area contributed by atoms with Crippen LogP contribution in [0.1, 0.15) is 39.5 Å². The predicted molar refractivity (Wildman–Crippen MR) is 48.4 cm³/mol. The minimum atomic E-state index is -0.796. The molecule has 3 heteroatoms. The average Bonchev–Trinajstić information content (AvgIpc) is 1.78. The van der Waals surface area contributed by atoms with Gasteiger partial charge in [-0.15, -0.1) is 0 Å². The fourth-order valence-corrected chi connectivity index (χ4v) is 2.25. The van der Waals surface area contributed by atoms with Crippen molar-refractivity contribution in [2.75, 3.05) is 0 Å². The molecule has 0 amide bonds. The number of Topliss-reactive ketones (excluding diaryl/α,β-unsaturated/α-hetero) is 1. The number of carbonyl (C=O) groups excluding carboxylic acids is 1. The Bertz CT molecular complexity index is 228. The first-order valence-electron chi connectivity index (χ1n) is 4.62. The summed E-state index contributed by atoms with van der Waals surface area (Å²) in [5.74, 6) is -0.535. The van der Waals surface area contributed by atoms with Gasteiger partial charge in [0.1, 0.15) is 5.78 Å². The number of rotatable bonds is 2. The molecule has 1 fully saturated rings. The van der Waals surface area contributed by atoms with E-state index in [2.05, 4.69) is 0 Å². The Labute approximate surface area is 78.1 Å². The van der Waals surface area contributed by atoms with Crippen LogP contribution in [0.3, 0.4) is 0 Å². The zero-order chi connectivity index (χ0) is 10.1. The summed E-state index contributed by atoms with van der Waals surface area (Å²) >= 11 is 0. The number of ketones is 1. The van der Waals surface area contributed by atoms with E-state index >= 15 is 0 Å². The highest BCUT2D eigenvalue weighted by atomic mass is 16.4. The number of hydrogen-bond acceptors (Lipinski definition) is 2. The highest BCUT2D eigenvalue weighted by molar-refractivity contribution is 5.81. The van der Waals surface area contributed by atoms with E-state index in [1.54, 1.807) is 0 Å². The van der Waals surface area contributed by atoms with Gasteiger partial charge in [0, 0.05) is 19.3 Å². The topological polar surface area (TPSA) is 54.4 Å². The second kappa shape index (κ2) is 3.48. The minimum absolute atomic E-state index is 0.00451. The molecule has 0 heterocycles. The van der Waals surface area contributed by atoms with Gasteiger partial charge in [0.15, 0.2) is 0 Å². The maximum absolute atomic E-state index is 11.3. The Hall–Kier alpha value is -0.860. The smallest absolute Gasteiger partial charge is 0.303 e. The van der Waals surface area contributed by atoms with Crippen LogP contribution >= 0.6 is 0 Å². The summed E-state index contributed by atoms with van der Waals surface area (Å²) in [6.07, 6.45) is 2.04. The first kappa shape index (κ1) is 10.2. The number of hydrogen-bond donors (Lipinski definition) is 1. The first-order chi connectivity index (χ1) is 5.89. The first-order valence-corrected chi connectivity index (χ1v) is 4.62. The van der Waals surface area contributed by atoms with Gasteiger partial charge in [0.2, 0.25) is 0 Å². The minimum Gasteiger partial charge on any atom is -0.481 e. The van der Waals surface area contributed by atoms with E-state index < -0.39 is 5.97 Å². The lowest BCUT2D eigenvalue weighted by Gasteiger charge is -2.33. The number of carbonyl (C=O) groups is 2. The van der Waals surface area contributed by atoms with E-state index in [4.69, 9.17) is 5.11 Å². The van der Waals surface area contributed by atoms with Gasteiger partial charge in [-0.25, -0.2) is 0 Å². The normalized spacial score (nSPS) is 27.2. The molecular formula is C10H16O3. The molecule has 0 aromatic carbocycles. The molecule has 0 bridgehead atoms. The van der Waals surface area contributed by atoms with E-state index in [9.17, 15) is 9.59 Å². The van der Waals surface area contributed by atoms with Crippen LogP contribution in [-0.2, 0) is 9.59 Å². The molecule has 0 aromatic heterocycles. The summed E-state index contributed by atoms with van der Waals surface area (Å²) in [4.78, 5) is 21.8. The molecule has 0 unspecified atom stereocenters. The third-order valence-electron chi connectivity index (χ3n) is 2.50. The van der Waals surface area contributed by atoms with Crippen molar-refractivity contribution < 1.29 is 14.7 Å². The van der Waals surface area contributed by atoms with E-state index in [0.717, 1.165) is 6.42 Å². The van der Waals surface area contributed by atoms with Crippen molar-refractivity contribution in [2.24, 2.45) is 11.3 Å². The maximum atomic E-state index is 11.3. The van der Waals surface area contributed by atoms with Crippen molar-refractivity contribution in [1.29, 1.82) is 0 Å². The second-order valence-electron chi connectivity index (χ2n) is 4.75. The molecule has 0 saturated heterocycles. The third-order valence-corrected chi connectivity index (χ3v) is 2.50. The van der Waals surface area contributed by atoms with E-state index in [1.807, 2.05) is 13.8 Å². The van der Waals surface area contributed by atoms with Crippen molar-refractivity contribution in [3.05, 3.63) is 0 Å². The SMILES string of the molecule is CC1(C)CC(=O)C[C@@H](CC(=O)O)C1. The zero-order valence-electron chi connectivity index (χ0n) is 8.17. The molecule has 1 aliphatic carbocycles. The van der Waals surface area contributed by atoms with Gasteiger partial charge < -0.3 is 5.11 Å². The summed E-state index contributed by atoms with van der Waals surface area (Å²) in [5, 5.41) is 8.61. The molecule has 1 rings (SSSR count). The van der Waals surface area contributed by atoms with Gasteiger partial charge in [-0.1, -0.05) is 13.8 Å². The van der Waals surface area contributed by atoms with Gasteiger partial charge in [-0.2, -0.15) is 0 Å². The second-order valence-corrected chi connectivity index (χ2v) is 4.75. The highest BCUT2D eigenvalue weighted by Crippen LogP contribution is 2.37. The lowest BCUT2D eigenvalue weighted by molar-refractivity contribution is -0.139. The lowest BCUT2D eigenvalue weighted by atomic mass is 9.71. The quantitative estimate of drug-likeness (QED) is 0.712. The highest BCUT2D eigenvalue weighted by Gasteiger charge is 2.33. The molecule has 13 heavy (non-hydrogen) atoms. The van der Waals surface area contributed by atoms with Crippen LogP contribution in [0.15, 0.2) is 0 Å². The number of carboxylic acid groups (broad SMARTS) is 1. The maximum Gasteiger partial charge on any atom is 0.303 e. The standard InChI is InChI=1S/C10H16O3/c1-10(2)5-7(4-9(12)13)3-8(11)6-10/h7H,3-6H2,1-2H3,(H,12,13)/t7-/m0/s1. The van der Waals surface area contributed by atoms with E-state index in [0.29, 0.717) is 12.8 Å². The molecule has 3 nitrogen and oxygen atoms in total.